The second-order valence-electron chi connectivity index (χ2n) is 6.52. The number of pyridine rings is 1. The number of aromatic nitrogens is 1. The predicted molar refractivity (Wildman–Crippen MR) is 81.3 cm³/mol. The van der Waals surface area contributed by atoms with E-state index in [0.29, 0.717) is 5.69 Å². The number of urea groups is 1. The van der Waals surface area contributed by atoms with Gasteiger partial charge in [-0.15, -0.1) is 0 Å². The van der Waals surface area contributed by atoms with Crippen molar-refractivity contribution < 1.29 is 22.8 Å². The minimum absolute atomic E-state index is 0.00416. The number of nitrogens with two attached hydrogens (primary N) is 1. The smallest absolute Gasteiger partial charge is 0.364 e. The molecule has 24 heavy (non-hydrogen) atoms. The maximum absolute atomic E-state index is 13.0. The number of likely N-dealkylation sites (tertiary alicyclic amines) is 1. The van der Waals surface area contributed by atoms with Crippen molar-refractivity contribution in [3.05, 3.63) is 24.0 Å². The van der Waals surface area contributed by atoms with Crippen LogP contribution in [0, 0.1) is 11.3 Å². The summed E-state index contributed by atoms with van der Waals surface area (Å²) in [5, 5.41) is 2.56. The van der Waals surface area contributed by atoms with Gasteiger partial charge >= 0.3 is 12.2 Å². The van der Waals surface area contributed by atoms with Gasteiger partial charge in [-0.1, -0.05) is 13.8 Å². The summed E-state index contributed by atoms with van der Waals surface area (Å²) < 4.78 is 39.1. The summed E-state index contributed by atoms with van der Waals surface area (Å²) in [6.45, 7) is 3.03. The monoisotopic (exact) mass is 344 g/mol. The summed E-state index contributed by atoms with van der Waals surface area (Å²) in [5.41, 5.74) is 4.39. The molecule has 0 saturated carbocycles. The van der Waals surface area contributed by atoms with Gasteiger partial charge < -0.3 is 16.0 Å². The number of alkyl halides is 3. The van der Waals surface area contributed by atoms with Crippen LogP contribution in [-0.4, -0.2) is 41.1 Å². The number of piperidine rings is 1. The van der Waals surface area contributed by atoms with E-state index in [9.17, 15) is 22.8 Å². The van der Waals surface area contributed by atoms with E-state index >= 15 is 0 Å². The fourth-order valence-electron chi connectivity index (χ4n) is 2.95. The van der Waals surface area contributed by atoms with Crippen molar-refractivity contribution in [3.63, 3.8) is 0 Å². The molecule has 1 aliphatic heterocycles. The summed E-state index contributed by atoms with van der Waals surface area (Å²) in [7, 11) is 0. The molecule has 2 rings (SSSR count). The first kappa shape index (κ1) is 18.0. The zero-order valence-electron chi connectivity index (χ0n) is 13.4. The van der Waals surface area contributed by atoms with E-state index in [1.54, 1.807) is 0 Å². The van der Waals surface area contributed by atoms with Crippen LogP contribution in [-0.2, 0) is 0 Å². The van der Waals surface area contributed by atoms with Crippen molar-refractivity contribution in [2.45, 2.75) is 26.4 Å². The van der Waals surface area contributed by atoms with E-state index in [-0.39, 0.29) is 25.2 Å². The topological polar surface area (TPSA) is 88.3 Å². The van der Waals surface area contributed by atoms with Gasteiger partial charge in [0.05, 0.1) is 17.8 Å². The highest BCUT2D eigenvalue weighted by Gasteiger charge is 2.51. The number of halogens is 3. The van der Waals surface area contributed by atoms with Gasteiger partial charge in [0.2, 0.25) is 0 Å². The molecule has 0 radical (unpaired) electrons. The number of amides is 3. The standard InChI is InChI=1S/C15H19F3N4O2/c1-14(2)8-22(6-5-11(14)15(16,17)18)13(24)21-9-3-4-10(12(19)23)20-7-9/h3-4,7,11H,5-6,8H2,1-2H3,(H2,19,23)(H,21,24)/t11-/m1/s1. The maximum atomic E-state index is 13.0. The Morgan fingerprint density at radius 1 is 1.38 bits per heavy atom. The van der Waals surface area contributed by atoms with Crippen LogP contribution >= 0.6 is 0 Å². The Labute approximate surface area is 137 Å². The molecule has 3 N–H and O–H groups in total. The highest BCUT2D eigenvalue weighted by molar-refractivity contribution is 5.92. The van der Waals surface area contributed by atoms with Gasteiger partial charge in [0.15, 0.2) is 0 Å². The molecule has 6 nitrogen and oxygen atoms in total. The third-order valence-electron chi connectivity index (χ3n) is 4.18. The van der Waals surface area contributed by atoms with E-state index in [0.717, 1.165) is 0 Å². The number of rotatable bonds is 2. The highest BCUT2D eigenvalue weighted by Crippen LogP contribution is 2.45. The van der Waals surface area contributed by atoms with Crippen molar-refractivity contribution in [2.24, 2.45) is 17.1 Å². The SMILES string of the molecule is CC1(C)CN(C(=O)Nc2ccc(C(N)=O)nc2)CC[C@H]1C(F)(F)F. The Kier molecular flexibility index (Phi) is 4.73. The molecule has 132 valence electrons. The van der Waals surface area contributed by atoms with Crippen LogP contribution in [0.2, 0.25) is 0 Å². The molecule has 1 aromatic rings. The van der Waals surface area contributed by atoms with Crippen LogP contribution in [0.3, 0.4) is 0 Å². The van der Waals surface area contributed by atoms with Crippen molar-refractivity contribution in [3.8, 4) is 0 Å². The number of carbonyl (C=O) groups is 2. The molecule has 0 aromatic carbocycles. The zero-order valence-corrected chi connectivity index (χ0v) is 13.4. The number of hydrogen-bond donors (Lipinski definition) is 2. The second kappa shape index (κ2) is 6.29. The highest BCUT2D eigenvalue weighted by atomic mass is 19.4. The van der Waals surface area contributed by atoms with E-state index in [1.165, 1.54) is 37.1 Å². The number of carbonyl (C=O) groups excluding carboxylic acids is 2. The molecule has 9 heteroatoms. The molecule has 3 amide bonds. The van der Waals surface area contributed by atoms with Crippen LogP contribution in [0.4, 0.5) is 23.7 Å². The minimum atomic E-state index is -4.28. The lowest BCUT2D eigenvalue weighted by molar-refractivity contribution is -0.214. The van der Waals surface area contributed by atoms with E-state index in [4.69, 9.17) is 5.73 Å². The quantitative estimate of drug-likeness (QED) is 0.864. The average molecular weight is 344 g/mol. The minimum Gasteiger partial charge on any atom is -0.364 e. The largest absolute Gasteiger partial charge is 0.392 e. The number of hydrogen-bond acceptors (Lipinski definition) is 3. The van der Waals surface area contributed by atoms with Crippen molar-refractivity contribution in [1.82, 2.24) is 9.88 Å². The van der Waals surface area contributed by atoms with Gasteiger partial charge in [0, 0.05) is 13.1 Å². The Bertz CT molecular complexity index is 629. The number of nitrogens with one attached hydrogen (secondary N) is 1. The molecular weight excluding hydrogens is 325 g/mol. The normalized spacial score (nSPS) is 20.5. The lowest BCUT2D eigenvalue weighted by atomic mass is 9.73. The fraction of sp³-hybridized carbons (Fsp3) is 0.533. The lowest BCUT2D eigenvalue weighted by Crippen LogP contribution is -2.53. The molecule has 1 atom stereocenters. The maximum Gasteiger partial charge on any atom is 0.392 e. The third kappa shape index (κ3) is 3.95. The van der Waals surface area contributed by atoms with Crippen LogP contribution in [0.1, 0.15) is 30.8 Å². The Morgan fingerprint density at radius 2 is 2.04 bits per heavy atom. The van der Waals surface area contributed by atoms with Gasteiger partial charge in [-0.05, 0) is 24.0 Å². The molecule has 0 aliphatic carbocycles. The lowest BCUT2D eigenvalue weighted by Gasteiger charge is -2.44. The van der Waals surface area contributed by atoms with Gasteiger partial charge in [0.25, 0.3) is 5.91 Å². The number of nitrogens with zero attached hydrogens (tertiary/aromatic N) is 2. The van der Waals surface area contributed by atoms with Crippen LogP contribution in [0.25, 0.3) is 0 Å². The Balaban J connectivity index is 2.02. The van der Waals surface area contributed by atoms with Crippen LogP contribution in [0.15, 0.2) is 18.3 Å². The summed E-state index contributed by atoms with van der Waals surface area (Å²) in [5.74, 6) is -2.13. The van der Waals surface area contributed by atoms with Crippen LogP contribution in [0.5, 0.6) is 0 Å². The van der Waals surface area contributed by atoms with E-state index in [2.05, 4.69) is 10.3 Å². The van der Waals surface area contributed by atoms with E-state index < -0.39 is 29.4 Å². The summed E-state index contributed by atoms with van der Waals surface area (Å²) in [6, 6.07) is 2.31. The summed E-state index contributed by atoms with van der Waals surface area (Å²) in [4.78, 5) is 28.3. The number of anilines is 1. The molecule has 0 bridgehead atoms. The molecular formula is C15H19F3N4O2. The first-order valence-electron chi connectivity index (χ1n) is 7.39. The molecule has 2 heterocycles. The molecule has 1 fully saturated rings. The first-order chi connectivity index (χ1) is 11.0. The van der Waals surface area contributed by atoms with Crippen molar-refractivity contribution >= 4 is 17.6 Å². The van der Waals surface area contributed by atoms with Gasteiger partial charge in [0.1, 0.15) is 5.69 Å². The fourth-order valence-corrected chi connectivity index (χ4v) is 2.95. The second-order valence-corrected chi connectivity index (χ2v) is 6.52. The van der Waals surface area contributed by atoms with Gasteiger partial charge in [-0.3, -0.25) is 4.79 Å². The van der Waals surface area contributed by atoms with Gasteiger partial charge in [-0.2, -0.15) is 13.2 Å². The predicted octanol–water partition coefficient (Wildman–Crippen LogP) is 2.62. The van der Waals surface area contributed by atoms with Gasteiger partial charge in [-0.25, -0.2) is 9.78 Å². The van der Waals surface area contributed by atoms with Crippen molar-refractivity contribution in [2.75, 3.05) is 18.4 Å². The van der Waals surface area contributed by atoms with E-state index in [1.807, 2.05) is 0 Å². The summed E-state index contributed by atoms with van der Waals surface area (Å²) >= 11 is 0. The Morgan fingerprint density at radius 3 is 2.50 bits per heavy atom. The zero-order chi connectivity index (χ0) is 18.1. The molecule has 1 aromatic heterocycles. The molecule has 1 aliphatic rings. The first-order valence-corrected chi connectivity index (χ1v) is 7.39. The number of primary amides is 1. The molecule has 0 spiro atoms. The summed E-state index contributed by atoms with van der Waals surface area (Å²) in [6.07, 6.45) is -3.14. The Hall–Kier alpha value is -2.32. The average Bonchev–Trinajstić information content (AvgIpc) is 2.45. The molecule has 0 unspecified atom stereocenters. The van der Waals surface area contributed by atoms with Crippen molar-refractivity contribution in [1.29, 1.82) is 0 Å². The third-order valence-corrected chi connectivity index (χ3v) is 4.18. The van der Waals surface area contributed by atoms with Crippen LogP contribution < -0.4 is 11.1 Å². The molecule has 1 saturated heterocycles.